The fraction of sp³-hybridized carbons (Fsp3) is 0.235. The highest BCUT2D eigenvalue weighted by molar-refractivity contribution is 9.10. The Morgan fingerprint density at radius 2 is 1.71 bits per heavy atom. The lowest BCUT2D eigenvalue weighted by Crippen LogP contribution is -2.12. The molecule has 0 aliphatic carbocycles. The van der Waals surface area contributed by atoms with Crippen molar-refractivity contribution in [2.45, 2.75) is 36.0 Å². The highest BCUT2D eigenvalue weighted by Crippen LogP contribution is 2.33. The smallest absolute Gasteiger partial charge is 0.123 e. The zero-order valence-electron chi connectivity index (χ0n) is 12.4. The summed E-state index contributed by atoms with van der Waals surface area (Å²) < 4.78 is 0.931. The average molecular weight is 363 g/mol. The number of amidine groups is 1. The van der Waals surface area contributed by atoms with Crippen LogP contribution in [0.4, 0.5) is 0 Å². The molecule has 0 fully saturated rings. The quantitative estimate of drug-likeness (QED) is 0.583. The van der Waals surface area contributed by atoms with Crippen LogP contribution in [0.2, 0.25) is 0 Å². The van der Waals surface area contributed by atoms with E-state index in [-0.39, 0.29) is 11.3 Å². The van der Waals surface area contributed by atoms with Gasteiger partial charge in [0.05, 0.1) is 0 Å². The van der Waals surface area contributed by atoms with Crippen LogP contribution in [0.5, 0.6) is 0 Å². The second-order valence-electron chi connectivity index (χ2n) is 5.93. The third-order valence-electron chi connectivity index (χ3n) is 3.18. The molecule has 0 aliphatic heterocycles. The van der Waals surface area contributed by atoms with Crippen LogP contribution in [0.15, 0.2) is 56.7 Å². The van der Waals surface area contributed by atoms with E-state index in [4.69, 9.17) is 11.1 Å². The van der Waals surface area contributed by atoms with Crippen LogP contribution < -0.4 is 5.73 Å². The molecule has 0 atom stereocenters. The Labute approximate surface area is 138 Å². The minimum absolute atomic E-state index is 0.0881. The lowest BCUT2D eigenvalue weighted by molar-refractivity contribution is 0.590. The van der Waals surface area contributed by atoms with E-state index in [9.17, 15) is 0 Å². The maximum absolute atomic E-state index is 7.70. The van der Waals surface area contributed by atoms with E-state index in [1.165, 1.54) is 5.56 Å². The molecule has 2 nitrogen and oxygen atoms in total. The molecule has 110 valence electrons. The molecule has 3 N–H and O–H groups in total. The Hall–Kier alpha value is -1.26. The first-order chi connectivity index (χ1) is 9.77. The van der Waals surface area contributed by atoms with Gasteiger partial charge in [-0.1, -0.05) is 60.6 Å². The number of hydrogen-bond donors (Lipinski definition) is 2. The predicted molar refractivity (Wildman–Crippen MR) is 94.4 cm³/mol. The van der Waals surface area contributed by atoms with Crippen molar-refractivity contribution in [2.24, 2.45) is 5.73 Å². The summed E-state index contributed by atoms with van der Waals surface area (Å²) in [5, 5.41) is 7.70. The van der Waals surface area contributed by atoms with Gasteiger partial charge in [-0.25, -0.2) is 0 Å². The summed E-state index contributed by atoms with van der Waals surface area (Å²) in [6.45, 7) is 6.62. The van der Waals surface area contributed by atoms with Crippen LogP contribution in [0.25, 0.3) is 0 Å². The van der Waals surface area contributed by atoms with E-state index in [0.29, 0.717) is 0 Å². The van der Waals surface area contributed by atoms with Gasteiger partial charge in [-0.2, -0.15) is 0 Å². The van der Waals surface area contributed by atoms with Gasteiger partial charge in [-0.3, -0.25) is 5.41 Å². The molecular formula is C17H19BrN2S. The van der Waals surface area contributed by atoms with Gasteiger partial charge in [0.2, 0.25) is 0 Å². The van der Waals surface area contributed by atoms with Crippen molar-refractivity contribution in [3.05, 3.63) is 58.1 Å². The molecule has 2 aromatic carbocycles. The second kappa shape index (κ2) is 6.24. The first-order valence-corrected chi connectivity index (χ1v) is 8.30. The van der Waals surface area contributed by atoms with Gasteiger partial charge in [0, 0.05) is 19.8 Å². The summed E-state index contributed by atoms with van der Waals surface area (Å²) >= 11 is 5.05. The highest BCUT2D eigenvalue weighted by atomic mass is 79.9. The Balaban J connectivity index is 2.28. The molecule has 0 spiro atoms. The normalized spacial score (nSPS) is 11.4. The number of hydrogen-bond acceptors (Lipinski definition) is 2. The van der Waals surface area contributed by atoms with Crippen LogP contribution in [0, 0.1) is 5.41 Å². The number of nitrogens with one attached hydrogen (secondary N) is 1. The van der Waals surface area contributed by atoms with E-state index >= 15 is 0 Å². The molecule has 2 aromatic rings. The molecule has 0 aliphatic rings. The first-order valence-electron chi connectivity index (χ1n) is 6.70. The Morgan fingerprint density at radius 1 is 1.10 bits per heavy atom. The molecule has 21 heavy (non-hydrogen) atoms. The summed E-state index contributed by atoms with van der Waals surface area (Å²) in [7, 11) is 0. The third kappa shape index (κ3) is 4.11. The number of halogens is 1. The molecule has 0 saturated heterocycles. The highest BCUT2D eigenvalue weighted by Gasteiger charge is 2.13. The molecule has 0 aromatic heterocycles. The number of nitrogen functional groups attached to an aromatic ring is 1. The fourth-order valence-corrected chi connectivity index (χ4v) is 3.25. The van der Waals surface area contributed by atoms with Crippen molar-refractivity contribution in [1.82, 2.24) is 0 Å². The molecule has 4 heteroatoms. The van der Waals surface area contributed by atoms with Crippen molar-refractivity contribution in [3.8, 4) is 0 Å². The number of nitrogens with two attached hydrogens (primary N) is 1. The van der Waals surface area contributed by atoms with Crippen LogP contribution >= 0.6 is 27.7 Å². The lowest BCUT2D eigenvalue weighted by Gasteiger charge is -2.19. The molecule has 2 rings (SSSR count). The molecular weight excluding hydrogens is 344 g/mol. The Bertz CT molecular complexity index is 657. The van der Waals surface area contributed by atoms with Crippen molar-refractivity contribution < 1.29 is 0 Å². The van der Waals surface area contributed by atoms with Gasteiger partial charge in [-0.15, -0.1) is 0 Å². The number of rotatable bonds is 3. The van der Waals surface area contributed by atoms with Crippen LogP contribution in [-0.4, -0.2) is 5.84 Å². The second-order valence-corrected chi connectivity index (χ2v) is 7.96. The molecule has 0 amide bonds. The van der Waals surface area contributed by atoms with Gasteiger partial charge in [0.1, 0.15) is 5.84 Å². The van der Waals surface area contributed by atoms with Gasteiger partial charge < -0.3 is 5.73 Å². The standard InChI is InChI=1S/C17H19BrN2S/c1-17(2,3)11-4-7-13(8-5-11)21-15-9-6-12(18)10-14(15)16(19)20/h4-10H,1-3H3,(H3,19,20). The SMILES string of the molecule is CC(C)(C)c1ccc(Sc2ccc(Br)cc2C(=N)N)cc1. The third-order valence-corrected chi connectivity index (χ3v) is 4.76. The molecule has 0 saturated carbocycles. The molecule has 0 heterocycles. The predicted octanol–water partition coefficient (Wildman–Crippen LogP) is 5.18. The maximum Gasteiger partial charge on any atom is 0.123 e. The summed E-state index contributed by atoms with van der Waals surface area (Å²) in [5.41, 5.74) is 7.90. The molecule has 0 bridgehead atoms. The molecule has 0 unspecified atom stereocenters. The fourth-order valence-electron chi connectivity index (χ4n) is 1.95. The largest absolute Gasteiger partial charge is 0.384 e. The average Bonchev–Trinajstić information content (AvgIpc) is 2.40. The monoisotopic (exact) mass is 362 g/mol. The van der Waals surface area contributed by atoms with Crippen LogP contribution in [0.1, 0.15) is 31.9 Å². The van der Waals surface area contributed by atoms with E-state index in [1.54, 1.807) is 11.8 Å². The van der Waals surface area contributed by atoms with Crippen molar-refractivity contribution in [1.29, 1.82) is 5.41 Å². The Morgan fingerprint density at radius 3 is 2.24 bits per heavy atom. The maximum atomic E-state index is 7.70. The van der Waals surface area contributed by atoms with E-state index in [1.807, 2.05) is 18.2 Å². The zero-order chi connectivity index (χ0) is 15.6. The minimum atomic E-state index is 0.0881. The zero-order valence-corrected chi connectivity index (χ0v) is 14.8. The van der Waals surface area contributed by atoms with E-state index in [0.717, 1.165) is 19.8 Å². The minimum Gasteiger partial charge on any atom is -0.384 e. The van der Waals surface area contributed by atoms with Gasteiger partial charge in [0.25, 0.3) is 0 Å². The lowest BCUT2D eigenvalue weighted by atomic mass is 9.87. The number of benzene rings is 2. The summed E-state index contributed by atoms with van der Waals surface area (Å²) in [4.78, 5) is 2.14. The van der Waals surface area contributed by atoms with Crippen LogP contribution in [-0.2, 0) is 5.41 Å². The first kappa shape index (κ1) is 16.1. The molecule has 0 radical (unpaired) electrons. The van der Waals surface area contributed by atoms with Gasteiger partial charge in [0.15, 0.2) is 0 Å². The van der Waals surface area contributed by atoms with E-state index < -0.39 is 0 Å². The van der Waals surface area contributed by atoms with Crippen molar-refractivity contribution in [3.63, 3.8) is 0 Å². The van der Waals surface area contributed by atoms with Crippen molar-refractivity contribution >= 4 is 33.5 Å². The van der Waals surface area contributed by atoms with Gasteiger partial charge in [-0.05, 0) is 41.3 Å². The summed E-state index contributed by atoms with van der Waals surface area (Å²) in [6, 6.07) is 14.4. The summed E-state index contributed by atoms with van der Waals surface area (Å²) in [6.07, 6.45) is 0. The van der Waals surface area contributed by atoms with Crippen molar-refractivity contribution in [2.75, 3.05) is 0 Å². The van der Waals surface area contributed by atoms with E-state index in [2.05, 4.69) is 61.0 Å². The van der Waals surface area contributed by atoms with Crippen LogP contribution in [0.3, 0.4) is 0 Å². The Kier molecular flexibility index (Phi) is 4.79. The van der Waals surface area contributed by atoms with Gasteiger partial charge >= 0.3 is 0 Å². The summed E-state index contributed by atoms with van der Waals surface area (Å²) in [5.74, 6) is 0.0881. The topological polar surface area (TPSA) is 49.9 Å².